The highest BCUT2D eigenvalue weighted by Gasteiger charge is 2.24. The first kappa shape index (κ1) is 16.4. The molecule has 122 valence electrons. The number of nitrogens with zero attached hydrogens (tertiary/aromatic N) is 2. The number of benzene rings is 2. The van der Waals surface area contributed by atoms with Crippen LogP contribution >= 0.6 is 11.6 Å². The van der Waals surface area contributed by atoms with Crippen LogP contribution in [0.1, 0.15) is 30.5 Å². The van der Waals surface area contributed by atoms with Crippen LogP contribution in [0.2, 0.25) is 5.02 Å². The molecule has 0 atom stereocenters. The SMILES string of the molecule is CCc1ccc2c(c1)C(c1ccc(Cl)cc1)=NCC(=N)N2C(C)=N. The van der Waals surface area contributed by atoms with E-state index in [4.69, 9.17) is 22.4 Å². The number of anilines is 1. The van der Waals surface area contributed by atoms with Gasteiger partial charge >= 0.3 is 0 Å². The van der Waals surface area contributed by atoms with Gasteiger partial charge in [0.2, 0.25) is 0 Å². The summed E-state index contributed by atoms with van der Waals surface area (Å²) < 4.78 is 0. The minimum absolute atomic E-state index is 0.240. The molecular formula is C19H19ClN4. The molecule has 0 spiro atoms. The van der Waals surface area contributed by atoms with Gasteiger partial charge in [0.05, 0.1) is 17.9 Å². The fourth-order valence-electron chi connectivity index (χ4n) is 2.88. The van der Waals surface area contributed by atoms with E-state index in [2.05, 4.69) is 18.0 Å². The van der Waals surface area contributed by atoms with Crippen molar-refractivity contribution >= 4 is 34.7 Å². The molecule has 24 heavy (non-hydrogen) atoms. The van der Waals surface area contributed by atoms with Crippen LogP contribution in [0.3, 0.4) is 0 Å². The number of benzodiazepines with no additional fused rings is 1. The summed E-state index contributed by atoms with van der Waals surface area (Å²) in [7, 11) is 0. The molecule has 0 fully saturated rings. The highest BCUT2D eigenvalue weighted by Crippen LogP contribution is 2.29. The van der Waals surface area contributed by atoms with E-state index in [-0.39, 0.29) is 6.54 Å². The van der Waals surface area contributed by atoms with Gasteiger partial charge in [-0.2, -0.15) is 0 Å². The third-order valence-electron chi connectivity index (χ3n) is 4.08. The molecule has 0 aliphatic carbocycles. The summed E-state index contributed by atoms with van der Waals surface area (Å²) in [6, 6.07) is 13.7. The Morgan fingerprint density at radius 3 is 2.54 bits per heavy atom. The predicted octanol–water partition coefficient (Wildman–Crippen LogP) is 4.53. The zero-order valence-electron chi connectivity index (χ0n) is 13.7. The number of hydrogen-bond donors (Lipinski definition) is 2. The standard InChI is InChI=1S/C19H19ClN4/c1-3-13-4-9-17-16(10-13)19(14-5-7-15(20)8-6-14)23-11-18(22)24(17)12(2)21/h4-10,21-22H,3,11H2,1-2H3. The fourth-order valence-corrected chi connectivity index (χ4v) is 3.01. The van der Waals surface area contributed by atoms with E-state index in [1.165, 1.54) is 5.56 Å². The summed E-state index contributed by atoms with van der Waals surface area (Å²) in [5.41, 5.74) is 4.78. The number of amidine groups is 2. The molecule has 0 amide bonds. The summed E-state index contributed by atoms with van der Waals surface area (Å²) in [6.07, 6.45) is 0.919. The first-order valence-electron chi connectivity index (χ1n) is 7.87. The van der Waals surface area contributed by atoms with E-state index in [1.54, 1.807) is 11.8 Å². The number of hydrogen-bond acceptors (Lipinski definition) is 3. The van der Waals surface area contributed by atoms with Crippen LogP contribution in [-0.2, 0) is 6.42 Å². The molecule has 0 aromatic heterocycles. The maximum absolute atomic E-state index is 8.29. The summed E-state index contributed by atoms with van der Waals surface area (Å²) in [5, 5.41) is 17.0. The molecule has 1 aliphatic rings. The van der Waals surface area contributed by atoms with Crippen molar-refractivity contribution < 1.29 is 0 Å². The summed E-state index contributed by atoms with van der Waals surface area (Å²) in [5.74, 6) is 0.620. The van der Waals surface area contributed by atoms with Crippen molar-refractivity contribution in [2.24, 2.45) is 4.99 Å². The van der Waals surface area contributed by atoms with Gasteiger partial charge in [0.25, 0.3) is 0 Å². The highest BCUT2D eigenvalue weighted by molar-refractivity contribution is 6.31. The van der Waals surface area contributed by atoms with Crippen LogP contribution in [-0.4, -0.2) is 23.9 Å². The van der Waals surface area contributed by atoms with Crippen molar-refractivity contribution in [3.63, 3.8) is 0 Å². The molecule has 0 bridgehead atoms. The average Bonchev–Trinajstić information content (AvgIpc) is 2.71. The van der Waals surface area contributed by atoms with E-state index in [0.29, 0.717) is 16.7 Å². The summed E-state index contributed by atoms with van der Waals surface area (Å²) >= 11 is 6.01. The fraction of sp³-hybridized carbons (Fsp3) is 0.211. The normalized spacial score (nSPS) is 14.0. The lowest BCUT2D eigenvalue weighted by Crippen LogP contribution is -2.35. The second-order valence-corrected chi connectivity index (χ2v) is 6.18. The molecule has 2 aromatic carbocycles. The molecule has 2 N–H and O–H groups in total. The molecule has 5 heteroatoms. The van der Waals surface area contributed by atoms with E-state index < -0.39 is 0 Å². The van der Waals surface area contributed by atoms with Crippen LogP contribution < -0.4 is 4.90 Å². The van der Waals surface area contributed by atoms with Crippen molar-refractivity contribution in [3.8, 4) is 0 Å². The van der Waals surface area contributed by atoms with E-state index in [0.717, 1.165) is 28.9 Å². The minimum atomic E-state index is 0.240. The van der Waals surface area contributed by atoms with Crippen molar-refractivity contribution in [1.29, 1.82) is 10.8 Å². The zero-order valence-corrected chi connectivity index (χ0v) is 14.5. The first-order chi connectivity index (χ1) is 11.5. The maximum Gasteiger partial charge on any atom is 0.128 e. The smallest absolute Gasteiger partial charge is 0.128 e. The van der Waals surface area contributed by atoms with Crippen molar-refractivity contribution in [2.75, 3.05) is 11.4 Å². The van der Waals surface area contributed by atoms with Crippen molar-refractivity contribution in [2.45, 2.75) is 20.3 Å². The first-order valence-corrected chi connectivity index (χ1v) is 8.25. The lowest BCUT2D eigenvalue weighted by Gasteiger charge is -2.24. The predicted molar refractivity (Wildman–Crippen MR) is 101 cm³/mol. The molecule has 0 saturated carbocycles. The van der Waals surface area contributed by atoms with Gasteiger partial charge in [0.15, 0.2) is 0 Å². The number of aliphatic imine (C=N–C) groups is 1. The quantitative estimate of drug-likeness (QED) is 0.613. The Hall–Kier alpha value is -2.46. The maximum atomic E-state index is 8.29. The van der Waals surface area contributed by atoms with Gasteiger partial charge in [-0.05, 0) is 43.2 Å². The number of aryl methyl sites for hydroxylation is 1. The Balaban J connectivity index is 2.23. The van der Waals surface area contributed by atoms with Gasteiger partial charge in [-0.1, -0.05) is 36.7 Å². The average molecular weight is 339 g/mol. The summed E-state index contributed by atoms with van der Waals surface area (Å²) in [4.78, 5) is 6.32. The third-order valence-corrected chi connectivity index (χ3v) is 4.33. The van der Waals surface area contributed by atoms with E-state index in [9.17, 15) is 0 Å². The molecule has 0 saturated heterocycles. The Morgan fingerprint density at radius 1 is 1.21 bits per heavy atom. The van der Waals surface area contributed by atoms with E-state index in [1.807, 2.05) is 36.4 Å². The second-order valence-electron chi connectivity index (χ2n) is 5.74. The lowest BCUT2D eigenvalue weighted by atomic mass is 9.97. The Kier molecular flexibility index (Phi) is 4.49. The molecular weight excluding hydrogens is 320 g/mol. The Bertz CT molecular complexity index is 837. The molecule has 4 nitrogen and oxygen atoms in total. The number of rotatable bonds is 2. The molecule has 0 radical (unpaired) electrons. The topological polar surface area (TPSA) is 63.3 Å². The Morgan fingerprint density at radius 2 is 1.92 bits per heavy atom. The van der Waals surface area contributed by atoms with Gasteiger partial charge in [0, 0.05) is 16.1 Å². The van der Waals surface area contributed by atoms with Gasteiger partial charge < -0.3 is 0 Å². The number of halogens is 1. The van der Waals surface area contributed by atoms with Crippen LogP contribution in [0.15, 0.2) is 47.5 Å². The minimum Gasteiger partial charge on any atom is -0.288 e. The number of nitrogens with one attached hydrogen (secondary N) is 2. The van der Waals surface area contributed by atoms with Gasteiger partial charge in [-0.15, -0.1) is 0 Å². The largest absolute Gasteiger partial charge is 0.288 e. The van der Waals surface area contributed by atoms with Gasteiger partial charge in [-0.3, -0.25) is 20.7 Å². The van der Waals surface area contributed by atoms with Crippen LogP contribution in [0.5, 0.6) is 0 Å². The van der Waals surface area contributed by atoms with E-state index >= 15 is 0 Å². The van der Waals surface area contributed by atoms with Crippen LogP contribution in [0.25, 0.3) is 0 Å². The highest BCUT2D eigenvalue weighted by atomic mass is 35.5. The zero-order chi connectivity index (χ0) is 17.3. The van der Waals surface area contributed by atoms with Crippen LogP contribution in [0, 0.1) is 10.8 Å². The second kappa shape index (κ2) is 6.57. The third kappa shape index (κ3) is 2.97. The van der Waals surface area contributed by atoms with Crippen molar-refractivity contribution in [3.05, 3.63) is 64.2 Å². The molecule has 0 unspecified atom stereocenters. The van der Waals surface area contributed by atoms with Crippen molar-refractivity contribution in [1.82, 2.24) is 0 Å². The lowest BCUT2D eigenvalue weighted by molar-refractivity contribution is 1.13. The van der Waals surface area contributed by atoms with Crippen LogP contribution in [0.4, 0.5) is 5.69 Å². The Labute approximate surface area is 146 Å². The molecule has 3 rings (SSSR count). The monoisotopic (exact) mass is 338 g/mol. The number of fused-ring (bicyclic) bond motifs is 1. The van der Waals surface area contributed by atoms with Gasteiger partial charge in [-0.25, -0.2) is 0 Å². The molecule has 1 aliphatic heterocycles. The molecule has 2 aromatic rings. The summed E-state index contributed by atoms with van der Waals surface area (Å²) in [6.45, 7) is 4.04. The van der Waals surface area contributed by atoms with Gasteiger partial charge in [0.1, 0.15) is 11.7 Å². The molecule has 1 heterocycles.